The molecule has 2 aliphatic rings. The summed E-state index contributed by atoms with van der Waals surface area (Å²) in [6.07, 6.45) is 0.770. The van der Waals surface area contributed by atoms with Crippen molar-refractivity contribution in [3.8, 4) is 23.0 Å². The lowest BCUT2D eigenvalue weighted by molar-refractivity contribution is -0.121. The fourth-order valence-corrected chi connectivity index (χ4v) is 4.74. The molecule has 182 valence electrons. The first kappa shape index (κ1) is 22.8. The molecule has 2 aromatic carbocycles. The van der Waals surface area contributed by atoms with Crippen LogP contribution in [0.5, 0.6) is 23.0 Å². The highest BCUT2D eigenvalue weighted by Gasteiger charge is 2.38. The van der Waals surface area contributed by atoms with Gasteiger partial charge in [0.15, 0.2) is 28.7 Å². The Balaban J connectivity index is 1.52. The van der Waals surface area contributed by atoms with Gasteiger partial charge >= 0.3 is 0 Å². The summed E-state index contributed by atoms with van der Waals surface area (Å²) < 4.78 is 13.3. The van der Waals surface area contributed by atoms with Crippen molar-refractivity contribution in [1.29, 1.82) is 0 Å². The molecule has 4 bridgehead atoms. The topological polar surface area (TPSA) is 106 Å². The number of ether oxygens (including phenoxy) is 2. The summed E-state index contributed by atoms with van der Waals surface area (Å²) in [5.41, 5.74) is 3.05. The zero-order valence-corrected chi connectivity index (χ0v) is 19.9. The van der Waals surface area contributed by atoms with Crippen LogP contribution < -0.4 is 14.8 Å². The number of methoxy groups -OCH3 is 1. The number of amides is 2. The van der Waals surface area contributed by atoms with Gasteiger partial charge in [-0.3, -0.25) is 14.3 Å². The normalized spacial score (nSPS) is 19.5. The van der Waals surface area contributed by atoms with E-state index in [1.807, 2.05) is 19.1 Å². The second kappa shape index (κ2) is 8.98. The van der Waals surface area contributed by atoms with Crippen LogP contribution in [0.15, 0.2) is 42.5 Å². The number of fused-ring (bicyclic) bond motifs is 6. The summed E-state index contributed by atoms with van der Waals surface area (Å²) in [5.74, 6) is 0.854. The number of phenolic OH excluding ortho intramolecular Hbond substituents is 1. The summed E-state index contributed by atoms with van der Waals surface area (Å²) in [6, 6.07) is 12.2. The number of likely N-dealkylation sites (tertiary alicyclic amines) is 1. The maximum atomic E-state index is 13.2. The summed E-state index contributed by atoms with van der Waals surface area (Å²) in [6.45, 7) is 2.70. The lowest BCUT2D eigenvalue weighted by atomic mass is 9.93. The molecule has 3 aromatic rings. The lowest BCUT2D eigenvalue weighted by Gasteiger charge is -2.21. The molecular formula is C26H28N4O5. The van der Waals surface area contributed by atoms with Crippen molar-refractivity contribution in [2.75, 3.05) is 20.2 Å². The summed E-state index contributed by atoms with van der Waals surface area (Å²) >= 11 is 0. The van der Waals surface area contributed by atoms with E-state index in [1.165, 1.54) is 0 Å². The van der Waals surface area contributed by atoms with Crippen molar-refractivity contribution in [3.05, 3.63) is 65.0 Å². The van der Waals surface area contributed by atoms with Crippen molar-refractivity contribution in [1.82, 2.24) is 20.0 Å². The van der Waals surface area contributed by atoms with Crippen molar-refractivity contribution >= 4 is 11.8 Å². The Labute approximate surface area is 203 Å². The molecule has 0 unspecified atom stereocenters. The van der Waals surface area contributed by atoms with Gasteiger partial charge in [0.1, 0.15) is 0 Å². The van der Waals surface area contributed by atoms with Gasteiger partial charge < -0.3 is 24.8 Å². The summed E-state index contributed by atoms with van der Waals surface area (Å²) in [7, 11) is 3.36. The fourth-order valence-electron chi connectivity index (χ4n) is 4.74. The number of benzene rings is 2. The number of aromatic hydroxyl groups is 1. The van der Waals surface area contributed by atoms with Crippen LogP contribution in [-0.4, -0.2) is 57.8 Å². The van der Waals surface area contributed by atoms with Crippen LogP contribution in [0.25, 0.3) is 0 Å². The van der Waals surface area contributed by atoms with Crippen LogP contribution in [0.2, 0.25) is 0 Å². The molecule has 3 heterocycles. The first-order valence-electron chi connectivity index (χ1n) is 11.6. The molecule has 1 aromatic heterocycles. The van der Waals surface area contributed by atoms with E-state index in [9.17, 15) is 14.7 Å². The third-order valence-corrected chi connectivity index (χ3v) is 6.79. The van der Waals surface area contributed by atoms with E-state index < -0.39 is 0 Å². The monoisotopic (exact) mass is 476 g/mol. The van der Waals surface area contributed by atoms with Crippen LogP contribution in [0.4, 0.5) is 0 Å². The third-order valence-electron chi connectivity index (χ3n) is 6.79. The molecule has 35 heavy (non-hydrogen) atoms. The number of nitrogens with one attached hydrogen (secondary N) is 1. The average molecular weight is 477 g/mol. The molecule has 2 aliphatic heterocycles. The van der Waals surface area contributed by atoms with Crippen molar-refractivity contribution in [2.45, 2.75) is 31.7 Å². The number of rotatable bonds is 2. The molecule has 0 saturated carbocycles. The van der Waals surface area contributed by atoms with Gasteiger partial charge in [0.2, 0.25) is 5.91 Å². The number of aromatic nitrogens is 2. The first-order chi connectivity index (χ1) is 16.8. The standard InChI is InChI=1S/C26H28N4O5/c1-15-10-19(28-29(15)2)26(33)30-13-18-17-6-8-22(34-3)24(12-17)35-23-11-16(4-7-21(23)31)5-9-25(32)27-20(18)14-30/h4,6-8,10-12,18,20,31H,5,9,13-14H2,1-3H3,(H,27,32)/t18-,20+/m0/s1. The molecule has 2 amide bonds. The highest BCUT2D eigenvalue weighted by Crippen LogP contribution is 2.40. The fraction of sp³-hybridized carbons (Fsp3) is 0.346. The molecule has 0 aliphatic carbocycles. The number of hydrogen-bond acceptors (Lipinski definition) is 6. The van der Waals surface area contributed by atoms with E-state index in [-0.39, 0.29) is 35.9 Å². The largest absolute Gasteiger partial charge is 0.504 e. The molecule has 0 radical (unpaired) electrons. The summed E-state index contributed by atoms with van der Waals surface area (Å²) in [5, 5.41) is 17.8. The van der Waals surface area contributed by atoms with Crippen LogP contribution in [0.1, 0.15) is 39.6 Å². The lowest BCUT2D eigenvalue weighted by Crippen LogP contribution is -2.40. The molecule has 5 rings (SSSR count). The Morgan fingerprint density at radius 3 is 2.71 bits per heavy atom. The predicted octanol–water partition coefficient (Wildman–Crippen LogP) is 2.91. The minimum Gasteiger partial charge on any atom is -0.504 e. The minimum atomic E-state index is -0.269. The molecule has 9 nitrogen and oxygen atoms in total. The van der Waals surface area contributed by atoms with Crippen LogP contribution in [-0.2, 0) is 18.3 Å². The Hall–Kier alpha value is -4.01. The van der Waals surface area contributed by atoms with E-state index in [1.54, 1.807) is 54.1 Å². The number of carbonyl (C=O) groups excluding carboxylic acids is 2. The Kier molecular flexibility index (Phi) is 5.84. The smallest absolute Gasteiger partial charge is 0.274 e. The van der Waals surface area contributed by atoms with Gasteiger partial charge in [0.25, 0.3) is 5.91 Å². The van der Waals surface area contributed by atoms with E-state index in [2.05, 4.69) is 10.4 Å². The van der Waals surface area contributed by atoms with Gasteiger partial charge in [-0.05, 0) is 54.8 Å². The highest BCUT2D eigenvalue weighted by molar-refractivity contribution is 5.93. The molecule has 1 fully saturated rings. The first-order valence-corrected chi connectivity index (χ1v) is 11.6. The van der Waals surface area contributed by atoms with Crippen LogP contribution >= 0.6 is 0 Å². The Morgan fingerprint density at radius 1 is 1.14 bits per heavy atom. The Bertz CT molecular complexity index is 1280. The molecule has 0 spiro atoms. The van der Waals surface area contributed by atoms with Gasteiger partial charge in [-0.1, -0.05) is 12.1 Å². The number of carbonyl (C=O) groups is 2. The summed E-state index contributed by atoms with van der Waals surface area (Å²) in [4.78, 5) is 27.9. The number of aryl methyl sites for hydroxylation is 3. The van der Waals surface area contributed by atoms with E-state index in [4.69, 9.17) is 9.47 Å². The number of phenols is 1. The van der Waals surface area contributed by atoms with Gasteiger partial charge in [-0.25, -0.2) is 0 Å². The second-order valence-electron chi connectivity index (χ2n) is 9.10. The van der Waals surface area contributed by atoms with Gasteiger partial charge in [-0.2, -0.15) is 5.10 Å². The highest BCUT2D eigenvalue weighted by atomic mass is 16.5. The molecule has 2 N–H and O–H groups in total. The van der Waals surface area contributed by atoms with Gasteiger partial charge in [0, 0.05) is 38.2 Å². The number of hydrogen-bond donors (Lipinski definition) is 2. The maximum Gasteiger partial charge on any atom is 0.274 e. The van der Waals surface area contributed by atoms with Crippen molar-refractivity contribution in [3.63, 3.8) is 0 Å². The molecule has 2 atom stereocenters. The second-order valence-corrected chi connectivity index (χ2v) is 9.10. The van der Waals surface area contributed by atoms with Crippen molar-refractivity contribution in [2.24, 2.45) is 7.05 Å². The minimum absolute atomic E-state index is 0.00157. The quantitative estimate of drug-likeness (QED) is 0.589. The van der Waals surface area contributed by atoms with Gasteiger partial charge in [-0.15, -0.1) is 0 Å². The SMILES string of the molecule is COc1ccc2cc1Oc1cc(ccc1O)CCC(=O)N[C@@H]1CN(C(=O)c3cc(C)n(C)n3)C[C@@H]21. The third kappa shape index (κ3) is 4.41. The van der Waals surface area contributed by atoms with Crippen molar-refractivity contribution < 1.29 is 24.2 Å². The molecule has 1 saturated heterocycles. The molecule has 9 heteroatoms. The zero-order chi connectivity index (χ0) is 24.7. The zero-order valence-electron chi connectivity index (χ0n) is 19.9. The number of nitrogens with zero attached hydrogens (tertiary/aromatic N) is 3. The van der Waals surface area contributed by atoms with E-state index >= 15 is 0 Å². The predicted molar refractivity (Wildman–Crippen MR) is 128 cm³/mol. The molecular weight excluding hydrogens is 448 g/mol. The van der Waals surface area contributed by atoms with Gasteiger partial charge in [0.05, 0.1) is 13.2 Å². The van der Waals surface area contributed by atoms with E-state index in [0.29, 0.717) is 42.5 Å². The average Bonchev–Trinajstić information content (AvgIpc) is 3.41. The maximum absolute atomic E-state index is 13.2. The van der Waals surface area contributed by atoms with Crippen LogP contribution in [0.3, 0.4) is 0 Å². The van der Waals surface area contributed by atoms with Crippen LogP contribution in [0, 0.1) is 6.92 Å². The van der Waals surface area contributed by atoms with E-state index in [0.717, 1.165) is 16.8 Å². The Morgan fingerprint density at radius 2 is 1.97 bits per heavy atom.